The maximum absolute atomic E-state index is 5.87. The number of nitrogens with two attached hydrogens (primary N) is 1. The lowest BCUT2D eigenvalue weighted by Gasteiger charge is -2.04. The van der Waals surface area contributed by atoms with Crippen molar-refractivity contribution in [3.8, 4) is 0 Å². The van der Waals surface area contributed by atoms with E-state index in [1.807, 2.05) is 25.1 Å². The van der Waals surface area contributed by atoms with E-state index in [9.17, 15) is 0 Å². The van der Waals surface area contributed by atoms with Gasteiger partial charge in [-0.25, -0.2) is 4.99 Å². The van der Waals surface area contributed by atoms with Crippen molar-refractivity contribution in [1.29, 1.82) is 0 Å². The van der Waals surface area contributed by atoms with E-state index in [0.29, 0.717) is 23.2 Å². The van der Waals surface area contributed by atoms with E-state index >= 15 is 0 Å². The van der Waals surface area contributed by atoms with Crippen molar-refractivity contribution in [3.05, 3.63) is 54.4 Å². The number of nitrogen functional groups attached to an aromatic ring is 1. The van der Waals surface area contributed by atoms with Crippen molar-refractivity contribution in [3.63, 3.8) is 0 Å². The Kier molecular flexibility index (Phi) is 3.05. The molecule has 2 N–H and O–H groups in total. The third kappa shape index (κ3) is 2.10. The molecule has 0 spiro atoms. The van der Waals surface area contributed by atoms with Gasteiger partial charge < -0.3 is 10.5 Å². The van der Waals surface area contributed by atoms with Gasteiger partial charge in [-0.15, -0.1) is 0 Å². The summed E-state index contributed by atoms with van der Waals surface area (Å²) in [5.41, 5.74) is 7.26. The van der Waals surface area contributed by atoms with Crippen LogP contribution < -0.4 is 5.73 Å². The van der Waals surface area contributed by atoms with Crippen LogP contribution in [0.1, 0.15) is 12.5 Å². The standard InChI is InChI=1S/C13H13N3O/c1-3-11-12(15-4-2)16-13(17-11)9-7-5-6-8-10(9)14/h3-8H,2,14H2,1H3/b11-3+,15-12?. The molecule has 1 aliphatic rings. The summed E-state index contributed by atoms with van der Waals surface area (Å²) < 4.78 is 5.60. The molecule has 0 amide bonds. The fourth-order valence-electron chi connectivity index (χ4n) is 1.50. The lowest BCUT2D eigenvalue weighted by molar-refractivity contribution is 0.460. The normalized spacial score (nSPS) is 19.2. The summed E-state index contributed by atoms with van der Waals surface area (Å²) in [5.74, 6) is 1.60. The maximum Gasteiger partial charge on any atom is 0.230 e. The molecule has 86 valence electrons. The van der Waals surface area contributed by atoms with E-state index in [1.54, 1.807) is 12.1 Å². The fraction of sp³-hybridized carbons (Fsp3) is 0.0769. The van der Waals surface area contributed by atoms with Gasteiger partial charge in [-0.1, -0.05) is 18.7 Å². The van der Waals surface area contributed by atoms with Crippen LogP contribution in [0.2, 0.25) is 0 Å². The highest BCUT2D eigenvalue weighted by Gasteiger charge is 2.22. The Morgan fingerprint density at radius 3 is 2.82 bits per heavy atom. The van der Waals surface area contributed by atoms with Gasteiger partial charge in [-0.2, -0.15) is 4.99 Å². The zero-order chi connectivity index (χ0) is 12.3. The van der Waals surface area contributed by atoms with Gasteiger partial charge in [-0.3, -0.25) is 0 Å². The molecule has 1 aliphatic heterocycles. The summed E-state index contributed by atoms with van der Waals surface area (Å²) in [6.07, 6.45) is 3.24. The van der Waals surface area contributed by atoms with Gasteiger partial charge in [0.1, 0.15) is 0 Å². The number of amidine groups is 1. The molecule has 1 aromatic rings. The minimum Gasteiger partial charge on any atom is -0.435 e. The number of rotatable bonds is 2. The Morgan fingerprint density at radius 2 is 2.18 bits per heavy atom. The van der Waals surface area contributed by atoms with Crippen molar-refractivity contribution in [2.45, 2.75) is 6.92 Å². The SMILES string of the molecule is C=CN=C1N=C(c2ccccc2N)O/C1=C/C. The van der Waals surface area contributed by atoms with E-state index in [0.717, 1.165) is 5.56 Å². The maximum atomic E-state index is 5.87. The molecule has 1 aromatic carbocycles. The van der Waals surface area contributed by atoms with Crippen LogP contribution in [-0.4, -0.2) is 11.7 Å². The molecule has 0 aromatic heterocycles. The number of allylic oxidation sites excluding steroid dienone is 1. The van der Waals surface area contributed by atoms with E-state index in [4.69, 9.17) is 10.5 Å². The summed E-state index contributed by atoms with van der Waals surface area (Å²) >= 11 is 0. The summed E-state index contributed by atoms with van der Waals surface area (Å²) in [5, 5.41) is 0. The van der Waals surface area contributed by atoms with Crippen LogP contribution in [0.3, 0.4) is 0 Å². The zero-order valence-corrected chi connectivity index (χ0v) is 9.55. The highest BCUT2D eigenvalue weighted by Crippen LogP contribution is 2.21. The first-order valence-electron chi connectivity index (χ1n) is 5.23. The second-order valence-electron chi connectivity index (χ2n) is 3.39. The van der Waals surface area contributed by atoms with E-state index in [-0.39, 0.29) is 0 Å². The van der Waals surface area contributed by atoms with Crippen LogP contribution in [0.4, 0.5) is 5.69 Å². The van der Waals surface area contributed by atoms with E-state index in [1.165, 1.54) is 6.20 Å². The van der Waals surface area contributed by atoms with Gasteiger partial charge in [0.15, 0.2) is 11.6 Å². The van der Waals surface area contributed by atoms with E-state index in [2.05, 4.69) is 16.6 Å². The van der Waals surface area contributed by atoms with Crippen LogP contribution in [0.15, 0.2) is 58.9 Å². The van der Waals surface area contributed by atoms with Gasteiger partial charge in [0.2, 0.25) is 5.90 Å². The van der Waals surface area contributed by atoms with Crippen LogP contribution in [0.25, 0.3) is 0 Å². The number of ether oxygens (including phenoxy) is 1. The Balaban J connectivity index is 2.43. The highest BCUT2D eigenvalue weighted by atomic mass is 16.5. The molecule has 0 bridgehead atoms. The smallest absolute Gasteiger partial charge is 0.230 e. The van der Waals surface area contributed by atoms with Crippen LogP contribution in [0, 0.1) is 0 Å². The zero-order valence-electron chi connectivity index (χ0n) is 9.55. The average molecular weight is 227 g/mol. The molecule has 0 saturated heterocycles. The summed E-state index contributed by atoms with van der Waals surface area (Å²) in [7, 11) is 0. The van der Waals surface area contributed by atoms with Gasteiger partial charge in [0.05, 0.1) is 5.56 Å². The minimum atomic E-state index is 0.469. The number of hydrogen-bond acceptors (Lipinski definition) is 3. The van der Waals surface area contributed by atoms with Crippen molar-refractivity contribution < 1.29 is 4.74 Å². The molecular formula is C13H13N3O. The van der Waals surface area contributed by atoms with Crippen molar-refractivity contribution >= 4 is 17.4 Å². The van der Waals surface area contributed by atoms with Crippen LogP contribution in [-0.2, 0) is 4.74 Å². The molecule has 17 heavy (non-hydrogen) atoms. The van der Waals surface area contributed by atoms with Crippen LogP contribution in [0.5, 0.6) is 0 Å². The first kappa shape index (κ1) is 11.1. The first-order chi connectivity index (χ1) is 8.26. The number of aliphatic imine (C=N–C) groups is 2. The molecule has 1 heterocycles. The number of anilines is 1. The summed E-state index contributed by atoms with van der Waals surface area (Å²) in [4.78, 5) is 8.33. The Morgan fingerprint density at radius 1 is 1.41 bits per heavy atom. The van der Waals surface area contributed by atoms with Gasteiger partial charge in [0.25, 0.3) is 0 Å². The lowest BCUT2D eigenvalue weighted by Crippen LogP contribution is -2.04. The topological polar surface area (TPSA) is 60.0 Å². The second kappa shape index (κ2) is 4.65. The second-order valence-corrected chi connectivity index (χ2v) is 3.39. The van der Waals surface area contributed by atoms with Crippen molar-refractivity contribution in [2.24, 2.45) is 9.98 Å². The summed E-state index contributed by atoms with van der Waals surface area (Å²) in [6, 6.07) is 7.41. The minimum absolute atomic E-state index is 0.469. The molecule has 2 rings (SSSR count). The molecule has 4 heteroatoms. The largest absolute Gasteiger partial charge is 0.435 e. The Hall–Kier alpha value is -2.36. The summed E-state index contributed by atoms with van der Waals surface area (Å²) in [6.45, 7) is 5.41. The average Bonchev–Trinajstić information content (AvgIpc) is 2.73. The number of nitrogens with zero attached hydrogens (tertiary/aromatic N) is 2. The molecule has 0 unspecified atom stereocenters. The Bertz CT molecular complexity index is 541. The van der Waals surface area contributed by atoms with E-state index < -0.39 is 0 Å². The lowest BCUT2D eigenvalue weighted by atomic mass is 10.2. The molecular weight excluding hydrogens is 214 g/mol. The molecule has 0 aliphatic carbocycles. The molecule has 0 radical (unpaired) electrons. The van der Waals surface area contributed by atoms with Gasteiger partial charge >= 0.3 is 0 Å². The van der Waals surface area contributed by atoms with Gasteiger partial charge in [0, 0.05) is 11.9 Å². The van der Waals surface area contributed by atoms with Crippen molar-refractivity contribution in [2.75, 3.05) is 5.73 Å². The molecule has 0 fully saturated rings. The quantitative estimate of drug-likeness (QED) is 0.789. The third-order valence-electron chi connectivity index (χ3n) is 2.30. The number of benzene rings is 1. The fourth-order valence-corrected chi connectivity index (χ4v) is 1.50. The van der Waals surface area contributed by atoms with Crippen LogP contribution >= 0.6 is 0 Å². The third-order valence-corrected chi connectivity index (χ3v) is 2.30. The molecule has 0 atom stereocenters. The molecule has 0 saturated carbocycles. The predicted octanol–water partition coefficient (Wildman–Crippen LogP) is 2.49. The number of para-hydroxylation sites is 1. The monoisotopic (exact) mass is 227 g/mol. The molecule has 4 nitrogen and oxygen atoms in total. The highest BCUT2D eigenvalue weighted by molar-refractivity contribution is 6.16. The van der Waals surface area contributed by atoms with Crippen molar-refractivity contribution in [1.82, 2.24) is 0 Å². The Labute approximate surface area is 99.8 Å². The number of hydrogen-bond donors (Lipinski definition) is 1. The van der Waals surface area contributed by atoms with Gasteiger partial charge in [-0.05, 0) is 25.1 Å². The first-order valence-corrected chi connectivity index (χ1v) is 5.23. The predicted molar refractivity (Wildman–Crippen MR) is 69.9 cm³/mol.